The van der Waals surface area contributed by atoms with Gasteiger partial charge in [-0.3, -0.25) is 0 Å². The van der Waals surface area contributed by atoms with E-state index in [1.165, 1.54) is 0 Å². The highest BCUT2D eigenvalue weighted by atomic mass is 32.1. The van der Waals surface area contributed by atoms with Crippen LogP contribution in [0.5, 0.6) is 0 Å². The second kappa shape index (κ2) is 6.69. The lowest BCUT2D eigenvalue weighted by Gasteiger charge is -2.44. The largest absolute Gasteiger partial charge is 0.235 e. The van der Waals surface area contributed by atoms with E-state index < -0.39 is 0 Å². The van der Waals surface area contributed by atoms with Crippen molar-refractivity contribution in [3.63, 3.8) is 0 Å². The predicted octanol–water partition coefficient (Wildman–Crippen LogP) is 1.07. The van der Waals surface area contributed by atoms with E-state index in [0.29, 0.717) is 8.64 Å². The Morgan fingerprint density at radius 2 is 1.56 bits per heavy atom. The van der Waals surface area contributed by atoms with Crippen LogP contribution in [0.25, 0.3) is 0 Å². The van der Waals surface area contributed by atoms with Crippen molar-refractivity contribution >= 4 is 58.3 Å². The molecule has 102 valence electrons. The van der Waals surface area contributed by atoms with Crippen LogP contribution < -0.4 is 5.43 Å². The average molecular weight is 324 g/mol. The molecule has 0 unspecified atom stereocenters. The molecular weight excluding hydrogens is 306 g/mol. The van der Waals surface area contributed by atoms with Gasteiger partial charge in [-0.15, -0.1) is 30.4 Å². The van der Waals surface area contributed by atoms with Crippen LogP contribution in [0.15, 0.2) is 0 Å². The first-order valence-corrected chi connectivity index (χ1v) is 7.64. The topological polar surface area (TPSA) is 25.0 Å². The fourth-order valence-corrected chi connectivity index (χ4v) is 2.95. The van der Waals surface area contributed by atoms with E-state index in [0.717, 1.165) is 45.4 Å². The van der Waals surface area contributed by atoms with Gasteiger partial charge in [0.25, 0.3) is 0 Å². The minimum Gasteiger partial charge on any atom is -0.235 e. The molecule has 2 rings (SSSR count). The number of thiocarbonyl (C=S) groups is 2. The summed E-state index contributed by atoms with van der Waals surface area (Å²) >= 11 is 19.1. The average Bonchev–Trinajstić information content (AvgIpc) is 2.97. The van der Waals surface area contributed by atoms with Gasteiger partial charge in [0.05, 0.1) is 0 Å². The molecule has 0 radical (unpaired) electrons. The Morgan fingerprint density at radius 3 is 2.00 bits per heavy atom. The maximum atomic E-state index is 5.24. The number of nitrogens with one attached hydrogen (secondary N) is 1. The fourth-order valence-electron chi connectivity index (χ4n) is 2.18. The lowest BCUT2D eigenvalue weighted by molar-refractivity contribution is -0.181. The van der Waals surface area contributed by atoms with Crippen molar-refractivity contribution in [1.29, 1.82) is 0 Å². The van der Waals surface area contributed by atoms with Crippen LogP contribution in [-0.4, -0.2) is 55.2 Å². The molecular formula is C9H17N5S4. The Bertz CT molecular complexity index is 295. The summed E-state index contributed by atoms with van der Waals surface area (Å²) in [5, 5.41) is 7.71. The SMILES string of the molecule is S=C(S)N(N1CCCC1)N(C(=S)S)N1CCCN1. The van der Waals surface area contributed by atoms with E-state index in [-0.39, 0.29) is 0 Å². The van der Waals surface area contributed by atoms with Crippen LogP contribution in [0.1, 0.15) is 19.3 Å². The second-order valence-corrected chi connectivity index (χ2v) is 6.42. The molecule has 0 saturated carbocycles. The van der Waals surface area contributed by atoms with Gasteiger partial charge >= 0.3 is 0 Å². The van der Waals surface area contributed by atoms with E-state index in [1.54, 1.807) is 5.12 Å². The molecule has 5 nitrogen and oxygen atoms in total. The lowest BCUT2D eigenvalue weighted by Crippen LogP contribution is -2.62. The van der Waals surface area contributed by atoms with Crippen molar-refractivity contribution in [2.75, 3.05) is 26.2 Å². The van der Waals surface area contributed by atoms with Crippen molar-refractivity contribution < 1.29 is 0 Å². The summed E-state index contributed by atoms with van der Waals surface area (Å²) in [4.78, 5) is 0. The van der Waals surface area contributed by atoms with Gasteiger partial charge in [-0.05, 0) is 43.7 Å². The van der Waals surface area contributed by atoms with Crippen LogP contribution in [0.2, 0.25) is 0 Å². The standard InChI is InChI=1S/C9H17N5S4/c15-8(16)13(11-5-1-2-6-11)14(9(17)18)12-7-3-4-10-12/h10H,1-7H2,(H,15,16)(H,17,18). The number of hydrogen-bond acceptors (Lipinski definition) is 5. The van der Waals surface area contributed by atoms with Crippen molar-refractivity contribution in [3.05, 3.63) is 0 Å². The molecule has 1 N–H and O–H groups in total. The zero-order valence-electron chi connectivity index (χ0n) is 9.95. The highest BCUT2D eigenvalue weighted by Gasteiger charge is 2.32. The third kappa shape index (κ3) is 3.27. The van der Waals surface area contributed by atoms with Crippen molar-refractivity contribution in [3.8, 4) is 0 Å². The highest BCUT2D eigenvalue weighted by Crippen LogP contribution is 2.19. The quantitative estimate of drug-likeness (QED) is 0.397. The highest BCUT2D eigenvalue weighted by molar-refractivity contribution is 8.11. The molecule has 9 heteroatoms. The van der Waals surface area contributed by atoms with Gasteiger partial charge in [-0.1, -0.05) is 0 Å². The Hall–Kier alpha value is 0.360. The Morgan fingerprint density at radius 1 is 0.944 bits per heavy atom. The van der Waals surface area contributed by atoms with Crippen LogP contribution in [-0.2, 0) is 0 Å². The van der Waals surface area contributed by atoms with Crippen LogP contribution in [0.3, 0.4) is 0 Å². The normalized spacial score (nSPS) is 21.2. The molecule has 2 aliphatic heterocycles. The van der Waals surface area contributed by atoms with E-state index in [1.807, 2.05) is 10.2 Å². The first-order chi connectivity index (χ1) is 8.61. The van der Waals surface area contributed by atoms with Gasteiger partial charge in [0, 0.05) is 26.2 Å². The van der Waals surface area contributed by atoms with Gasteiger partial charge in [0.2, 0.25) is 0 Å². The zero-order chi connectivity index (χ0) is 13.1. The van der Waals surface area contributed by atoms with Crippen molar-refractivity contribution in [2.45, 2.75) is 19.3 Å². The molecule has 0 amide bonds. The summed E-state index contributed by atoms with van der Waals surface area (Å²) in [5.74, 6) is 0. The summed E-state index contributed by atoms with van der Waals surface area (Å²) in [5.41, 5.74) is 3.26. The first kappa shape index (κ1) is 14.8. The van der Waals surface area contributed by atoms with Gasteiger partial charge in [-0.2, -0.15) is 15.2 Å². The molecule has 0 aromatic rings. The molecule has 2 aliphatic rings. The van der Waals surface area contributed by atoms with E-state index in [4.69, 9.17) is 24.4 Å². The molecule has 2 saturated heterocycles. The van der Waals surface area contributed by atoms with Crippen LogP contribution in [0, 0.1) is 0 Å². The van der Waals surface area contributed by atoms with Crippen molar-refractivity contribution in [2.24, 2.45) is 0 Å². The van der Waals surface area contributed by atoms with Crippen LogP contribution in [0.4, 0.5) is 0 Å². The van der Waals surface area contributed by atoms with Crippen molar-refractivity contribution in [1.82, 2.24) is 25.8 Å². The maximum Gasteiger partial charge on any atom is 0.172 e. The smallest absolute Gasteiger partial charge is 0.172 e. The third-order valence-electron chi connectivity index (χ3n) is 2.94. The second-order valence-electron chi connectivity index (χ2n) is 4.19. The first-order valence-electron chi connectivity index (χ1n) is 5.93. The van der Waals surface area contributed by atoms with E-state index in [2.05, 4.69) is 35.7 Å². The number of thiol groups is 2. The number of hydrazine groups is 4. The predicted molar refractivity (Wildman–Crippen MR) is 87.0 cm³/mol. The summed E-state index contributed by atoms with van der Waals surface area (Å²) in [6.07, 6.45) is 3.39. The molecule has 0 bridgehead atoms. The molecule has 2 heterocycles. The van der Waals surface area contributed by atoms with E-state index in [9.17, 15) is 0 Å². The molecule has 0 aromatic heterocycles. The fraction of sp³-hybridized carbons (Fsp3) is 0.778. The van der Waals surface area contributed by atoms with Gasteiger partial charge < -0.3 is 0 Å². The molecule has 0 aromatic carbocycles. The number of rotatable bonds is 2. The minimum absolute atomic E-state index is 0.452. The molecule has 0 aliphatic carbocycles. The molecule has 18 heavy (non-hydrogen) atoms. The molecule has 2 fully saturated rings. The lowest BCUT2D eigenvalue weighted by atomic mass is 10.4. The van der Waals surface area contributed by atoms with Gasteiger partial charge in [-0.25, -0.2) is 5.43 Å². The number of hydrogen-bond donors (Lipinski definition) is 3. The van der Waals surface area contributed by atoms with Gasteiger partial charge in [0.15, 0.2) is 8.64 Å². The Labute approximate surface area is 129 Å². The third-order valence-corrected chi connectivity index (χ3v) is 3.63. The minimum atomic E-state index is 0.452. The Balaban J connectivity index is 2.18. The maximum absolute atomic E-state index is 5.24. The monoisotopic (exact) mass is 323 g/mol. The van der Waals surface area contributed by atoms with E-state index >= 15 is 0 Å². The van der Waals surface area contributed by atoms with Gasteiger partial charge in [0.1, 0.15) is 0 Å². The summed E-state index contributed by atoms with van der Waals surface area (Å²) in [7, 11) is 0. The molecule has 0 atom stereocenters. The summed E-state index contributed by atoms with van der Waals surface area (Å²) in [6, 6.07) is 0. The summed E-state index contributed by atoms with van der Waals surface area (Å²) in [6.45, 7) is 3.73. The van der Waals surface area contributed by atoms with Crippen LogP contribution >= 0.6 is 49.7 Å². The molecule has 0 spiro atoms. The Kier molecular flexibility index (Phi) is 5.48. The number of nitrogens with zero attached hydrogens (tertiary/aromatic N) is 4. The summed E-state index contributed by atoms with van der Waals surface area (Å²) < 4.78 is 0.926. The zero-order valence-corrected chi connectivity index (χ0v) is 13.4.